The Morgan fingerprint density at radius 3 is 2.65 bits per heavy atom. The molecule has 1 aromatic heterocycles. The summed E-state index contributed by atoms with van der Waals surface area (Å²) in [6, 6.07) is 9.11. The first-order valence-corrected chi connectivity index (χ1v) is 8.70. The van der Waals surface area contributed by atoms with Gasteiger partial charge in [-0.2, -0.15) is 9.97 Å². The molecule has 2 aromatic rings. The molecule has 2 amide bonds. The van der Waals surface area contributed by atoms with E-state index in [-0.39, 0.29) is 24.1 Å². The molecular formula is C18H20N6O2. The lowest BCUT2D eigenvalue weighted by atomic mass is 9.92. The number of rotatable bonds is 3. The highest BCUT2D eigenvalue weighted by molar-refractivity contribution is 6.05. The van der Waals surface area contributed by atoms with Gasteiger partial charge in [-0.25, -0.2) is 0 Å². The third-order valence-electron chi connectivity index (χ3n) is 4.71. The van der Waals surface area contributed by atoms with E-state index in [0.717, 1.165) is 25.9 Å². The molecule has 0 bridgehead atoms. The Morgan fingerprint density at radius 2 is 1.92 bits per heavy atom. The predicted molar refractivity (Wildman–Crippen MR) is 99.0 cm³/mol. The van der Waals surface area contributed by atoms with Crippen LogP contribution in [0.5, 0.6) is 0 Å². The van der Waals surface area contributed by atoms with Gasteiger partial charge in [-0.1, -0.05) is 18.2 Å². The Balaban J connectivity index is 1.66. The van der Waals surface area contributed by atoms with Gasteiger partial charge in [0.05, 0.1) is 11.5 Å². The van der Waals surface area contributed by atoms with Crippen LogP contribution in [0.15, 0.2) is 30.3 Å². The summed E-state index contributed by atoms with van der Waals surface area (Å²) < 4.78 is 0. The van der Waals surface area contributed by atoms with Crippen molar-refractivity contribution in [3.8, 4) is 0 Å². The van der Waals surface area contributed by atoms with Gasteiger partial charge in [-0.3, -0.25) is 9.59 Å². The van der Waals surface area contributed by atoms with E-state index in [2.05, 4.69) is 20.6 Å². The van der Waals surface area contributed by atoms with Crippen molar-refractivity contribution < 1.29 is 9.59 Å². The Labute approximate surface area is 150 Å². The minimum atomic E-state index is -0.716. The van der Waals surface area contributed by atoms with Gasteiger partial charge in [-0.15, -0.1) is 0 Å². The molecule has 3 heterocycles. The first-order chi connectivity index (χ1) is 12.6. The third kappa shape index (κ3) is 3.05. The summed E-state index contributed by atoms with van der Waals surface area (Å²) in [4.78, 5) is 35.8. The van der Waals surface area contributed by atoms with E-state index >= 15 is 0 Å². The minimum Gasteiger partial charge on any atom is -0.383 e. The average molecular weight is 352 g/mol. The fourth-order valence-corrected chi connectivity index (χ4v) is 3.42. The first kappa shape index (κ1) is 16.3. The molecule has 2 aliphatic rings. The van der Waals surface area contributed by atoms with E-state index in [1.165, 1.54) is 0 Å². The molecule has 0 aliphatic carbocycles. The van der Waals surface area contributed by atoms with Gasteiger partial charge in [0, 0.05) is 25.2 Å². The maximum atomic E-state index is 12.8. The zero-order valence-corrected chi connectivity index (χ0v) is 14.2. The van der Waals surface area contributed by atoms with Crippen molar-refractivity contribution in [3.05, 3.63) is 35.9 Å². The zero-order chi connectivity index (χ0) is 18.1. The number of para-hydroxylation sites is 1. The monoisotopic (exact) mass is 352 g/mol. The van der Waals surface area contributed by atoms with E-state index < -0.39 is 5.92 Å². The predicted octanol–water partition coefficient (Wildman–Crippen LogP) is 1.72. The number of nitrogens with two attached hydrogens (primary N) is 1. The molecule has 1 fully saturated rings. The number of nitrogen functional groups attached to an aromatic ring is 1. The molecule has 1 aromatic carbocycles. The van der Waals surface area contributed by atoms with Crippen LogP contribution in [0.2, 0.25) is 0 Å². The van der Waals surface area contributed by atoms with Crippen LogP contribution in [0.4, 0.5) is 23.3 Å². The van der Waals surface area contributed by atoms with Crippen LogP contribution in [0.1, 0.15) is 30.7 Å². The number of benzene rings is 1. The number of anilines is 4. The molecule has 4 N–H and O–H groups in total. The molecule has 1 unspecified atom stereocenters. The Morgan fingerprint density at radius 1 is 1.19 bits per heavy atom. The number of carbonyl (C=O) groups excluding carboxylic acids is 2. The second kappa shape index (κ2) is 6.62. The van der Waals surface area contributed by atoms with Crippen molar-refractivity contribution in [2.45, 2.75) is 25.2 Å². The van der Waals surface area contributed by atoms with Crippen LogP contribution in [0.25, 0.3) is 0 Å². The second-order valence-electron chi connectivity index (χ2n) is 6.53. The number of nitrogens with zero attached hydrogens (tertiary/aromatic N) is 3. The Hall–Kier alpha value is -3.16. The number of aromatic nitrogens is 2. The van der Waals surface area contributed by atoms with E-state index in [0.29, 0.717) is 23.0 Å². The van der Waals surface area contributed by atoms with Crippen molar-refractivity contribution in [3.63, 3.8) is 0 Å². The van der Waals surface area contributed by atoms with Gasteiger partial charge in [0.15, 0.2) is 0 Å². The molecule has 0 saturated carbocycles. The van der Waals surface area contributed by atoms with E-state index in [9.17, 15) is 9.59 Å². The molecule has 0 radical (unpaired) electrons. The number of nitrogens with one attached hydrogen (secondary N) is 2. The molecule has 1 saturated heterocycles. The van der Waals surface area contributed by atoms with Gasteiger partial charge in [0.2, 0.25) is 17.8 Å². The molecular weight excluding hydrogens is 332 g/mol. The molecule has 26 heavy (non-hydrogen) atoms. The molecule has 0 spiro atoms. The first-order valence-electron chi connectivity index (χ1n) is 8.70. The van der Waals surface area contributed by atoms with Gasteiger partial charge >= 0.3 is 0 Å². The number of fused-ring (bicyclic) bond motifs is 1. The van der Waals surface area contributed by atoms with Crippen molar-refractivity contribution in [2.75, 3.05) is 34.4 Å². The van der Waals surface area contributed by atoms with Crippen LogP contribution in [0, 0.1) is 0 Å². The molecule has 134 valence electrons. The van der Waals surface area contributed by atoms with E-state index in [4.69, 9.17) is 5.73 Å². The molecule has 8 nitrogen and oxygen atoms in total. The van der Waals surface area contributed by atoms with Crippen molar-refractivity contribution in [1.82, 2.24) is 9.97 Å². The summed E-state index contributed by atoms with van der Waals surface area (Å²) in [6.45, 7) is 1.73. The lowest BCUT2D eigenvalue weighted by Crippen LogP contribution is -2.33. The lowest BCUT2D eigenvalue weighted by molar-refractivity contribution is -0.123. The summed E-state index contributed by atoms with van der Waals surface area (Å²) in [6.07, 6.45) is 2.17. The molecule has 2 aliphatic heterocycles. The Kier molecular flexibility index (Phi) is 4.16. The van der Waals surface area contributed by atoms with Crippen LogP contribution in [0.3, 0.4) is 0 Å². The summed E-state index contributed by atoms with van der Waals surface area (Å²) in [5.74, 6) is -0.184. The maximum Gasteiger partial charge on any atom is 0.232 e. The summed E-state index contributed by atoms with van der Waals surface area (Å²) in [7, 11) is 0. The highest BCUT2D eigenvalue weighted by Crippen LogP contribution is 2.36. The summed E-state index contributed by atoms with van der Waals surface area (Å²) >= 11 is 0. The standard InChI is InChI=1S/C18H20N6O2/c19-15-14-12(17(26)20-11-6-2-1-3-7-11)10-13(25)21-16(14)23-18(22-15)24-8-4-5-9-24/h1-3,6-7,12H,4-5,8-10H2,(H,20,26)(H3,19,21,22,23,25). The topological polar surface area (TPSA) is 113 Å². The quantitative estimate of drug-likeness (QED) is 0.775. The second-order valence-corrected chi connectivity index (χ2v) is 6.53. The van der Waals surface area contributed by atoms with E-state index in [1.807, 2.05) is 23.1 Å². The van der Waals surface area contributed by atoms with Crippen LogP contribution in [-0.2, 0) is 9.59 Å². The smallest absolute Gasteiger partial charge is 0.232 e. The van der Waals surface area contributed by atoms with Gasteiger partial charge < -0.3 is 21.3 Å². The summed E-state index contributed by atoms with van der Waals surface area (Å²) in [5, 5.41) is 5.57. The number of hydrogen-bond donors (Lipinski definition) is 3. The fraction of sp³-hybridized carbons (Fsp3) is 0.333. The normalized spacial score (nSPS) is 19.0. The van der Waals surface area contributed by atoms with Crippen molar-refractivity contribution in [2.24, 2.45) is 0 Å². The lowest BCUT2D eigenvalue weighted by Gasteiger charge is -2.26. The molecule has 8 heteroatoms. The zero-order valence-electron chi connectivity index (χ0n) is 14.2. The van der Waals surface area contributed by atoms with E-state index in [1.54, 1.807) is 12.1 Å². The minimum absolute atomic E-state index is 0.0162. The van der Waals surface area contributed by atoms with Crippen LogP contribution >= 0.6 is 0 Å². The van der Waals surface area contributed by atoms with Crippen LogP contribution < -0.4 is 21.3 Å². The van der Waals surface area contributed by atoms with Gasteiger partial charge in [0.1, 0.15) is 11.6 Å². The highest BCUT2D eigenvalue weighted by Gasteiger charge is 2.35. The summed E-state index contributed by atoms with van der Waals surface area (Å²) in [5.41, 5.74) is 7.32. The SMILES string of the molecule is Nc1nc(N2CCCC2)nc2c1C(C(=O)Nc1ccccc1)CC(=O)N2. The number of carbonyl (C=O) groups is 2. The van der Waals surface area contributed by atoms with Crippen LogP contribution in [-0.4, -0.2) is 34.9 Å². The van der Waals surface area contributed by atoms with Crippen molar-refractivity contribution >= 4 is 35.1 Å². The number of amides is 2. The Bertz CT molecular complexity index is 848. The third-order valence-corrected chi connectivity index (χ3v) is 4.71. The molecule has 4 rings (SSSR count). The van der Waals surface area contributed by atoms with Crippen molar-refractivity contribution in [1.29, 1.82) is 0 Å². The van der Waals surface area contributed by atoms with Gasteiger partial charge in [-0.05, 0) is 25.0 Å². The number of hydrogen-bond acceptors (Lipinski definition) is 6. The average Bonchev–Trinajstić information content (AvgIpc) is 3.16. The maximum absolute atomic E-state index is 12.8. The van der Waals surface area contributed by atoms with Gasteiger partial charge in [0.25, 0.3) is 0 Å². The largest absolute Gasteiger partial charge is 0.383 e. The fourth-order valence-electron chi connectivity index (χ4n) is 3.42. The highest BCUT2D eigenvalue weighted by atomic mass is 16.2. The molecule has 1 atom stereocenters.